The third-order valence-corrected chi connectivity index (χ3v) is 5.16. The van der Waals surface area contributed by atoms with Crippen molar-refractivity contribution in [1.29, 1.82) is 0 Å². The molecule has 0 unspecified atom stereocenters. The average Bonchev–Trinajstić information content (AvgIpc) is 2.79. The summed E-state index contributed by atoms with van der Waals surface area (Å²) in [5.41, 5.74) is 5.70. The van der Waals surface area contributed by atoms with Gasteiger partial charge in [-0.1, -0.05) is 11.3 Å². The lowest BCUT2D eigenvalue weighted by molar-refractivity contribution is 0.0961. The monoisotopic (exact) mass is 321 g/mol. The number of amides is 1. The average molecular weight is 321 g/mol. The number of thiazole rings is 1. The molecule has 0 aromatic carbocycles. The summed E-state index contributed by atoms with van der Waals surface area (Å²) in [5, 5.41) is 3.17. The van der Waals surface area contributed by atoms with Crippen molar-refractivity contribution >= 4 is 38.2 Å². The third-order valence-electron chi connectivity index (χ3n) is 2.62. The number of hydrogen-bond acceptors (Lipinski definition) is 7. The van der Waals surface area contributed by atoms with E-state index in [1.54, 1.807) is 0 Å². The van der Waals surface area contributed by atoms with Crippen molar-refractivity contribution in [3.8, 4) is 0 Å². The molecule has 0 saturated heterocycles. The van der Waals surface area contributed by atoms with Crippen LogP contribution in [0.2, 0.25) is 0 Å². The van der Waals surface area contributed by atoms with E-state index in [2.05, 4.69) is 15.0 Å². The normalized spacial score (nSPS) is 11.3. The van der Waals surface area contributed by atoms with Crippen LogP contribution in [-0.4, -0.2) is 52.2 Å². The number of nitrogens with zero attached hydrogens (tertiary/aromatic N) is 2. The fraction of sp³-hybridized carbons (Fsp3) is 0.600. The molecule has 0 aliphatic carbocycles. The molecule has 8 nitrogen and oxygen atoms in total. The van der Waals surface area contributed by atoms with Gasteiger partial charge in [0.05, 0.1) is 5.75 Å². The Balaban J connectivity index is 2.67. The van der Waals surface area contributed by atoms with Gasteiger partial charge in [0.25, 0.3) is 5.91 Å². The molecule has 0 bridgehead atoms. The van der Waals surface area contributed by atoms with Crippen molar-refractivity contribution in [3.63, 3.8) is 0 Å². The molecular weight excluding hydrogens is 302 g/mol. The maximum Gasteiger partial charge on any atom is 0.265 e. The molecule has 0 saturated carbocycles. The number of nitrogens with two attached hydrogens (primary N) is 1. The smallest absolute Gasteiger partial charge is 0.265 e. The first-order chi connectivity index (χ1) is 9.30. The van der Waals surface area contributed by atoms with Crippen molar-refractivity contribution in [2.45, 2.75) is 6.92 Å². The summed E-state index contributed by atoms with van der Waals surface area (Å²) in [6, 6.07) is 0. The maximum absolute atomic E-state index is 11.9. The first kappa shape index (κ1) is 16.7. The van der Waals surface area contributed by atoms with E-state index in [0.717, 1.165) is 6.54 Å². The molecule has 114 valence electrons. The SMILES string of the molecule is CCN(C)c1nc(N)c(C(=O)NCCS(=O)(=O)NC)s1. The lowest BCUT2D eigenvalue weighted by Gasteiger charge is -2.10. The summed E-state index contributed by atoms with van der Waals surface area (Å²) in [5.74, 6) is -0.448. The van der Waals surface area contributed by atoms with Gasteiger partial charge in [-0.15, -0.1) is 0 Å². The highest BCUT2D eigenvalue weighted by molar-refractivity contribution is 7.89. The summed E-state index contributed by atoms with van der Waals surface area (Å²) in [7, 11) is -0.165. The number of carbonyl (C=O) groups is 1. The van der Waals surface area contributed by atoms with Crippen LogP contribution < -0.4 is 20.7 Å². The van der Waals surface area contributed by atoms with Gasteiger partial charge in [0.1, 0.15) is 10.7 Å². The van der Waals surface area contributed by atoms with Crippen LogP contribution in [0.5, 0.6) is 0 Å². The molecule has 0 aliphatic heterocycles. The van der Waals surface area contributed by atoms with Gasteiger partial charge in [-0.3, -0.25) is 4.79 Å². The number of hydrogen-bond donors (Lipinski definition) is 3. The lowest BCUT2D eigenvalue weighted by Crippen LogP contribution is -2.32. The second kappa shape index (κ2) is 6.86. The number of carbonyl (C=O) groups excluding carboxylic acids is 1. The number of rotatable bonds is 7. The minimum atomic E-state index is -3.34. The van der Waals surface area contributed by atoms with Gasteiger partial charge in [0.15, 0.2) is 5.13 Å². The lowest BCUT2D eigenvalue weighted by atomic mass is 10.4. The van der Waals surface area contributed by atoms with Crippen molar-refractivity contribution in [2.75, 3.05) is 43.6 Å². The summed E-state index contributed by atoms with van der Waals surface area (Å²) in [6.45, 7) is 2.71. The van der Waals surface area contributed by atoms with E-state index in [4.69, 9.17) is 5.73 Å². The Labute approximate surface area is 122 Å². The first-order valence-electron chi connectivity index (χ1n) is 5.97. The molecular formula is C10H19N5O3S2. The van der Waals surface area contributed by atoms with Gasteiger partial charge >= 0.3 is 0 Å². The van der Waals surface area contributed by atoms with E-state index in [-0.39, 0.29) is 18.1 Å². The standard InChI is InChI=1S/C10H19N5O3S2/c1-4-15(3)10-14-8(11)7(19-10)9(16)13-5-6-20(17,18)12-2/h12H,4-6,11H2,1-3H3,(H,13,16). The topological polar surface area (TPSA) is 117 Å². The first-order valence-corrected chi connectivity index (χ1v) is 8.44. The molecule has 4 N–H and O–H groups in total. The highest BCUT2D eigenvalue weighted by Gasteiger charge is 2.18. The van der Waals surface area contributed by atoms with Crippen LogP contribution in [-0.2, 0) is 10.0 Å². The molecule has 0 fully saturated rings. The molecule has 0 atom stereocenters. The number of nitrogen functional groups attached to an aromatic ring is 1. The van der Waals surface area contributed by atoms with Crippen molar-refractivity contribution < 1.29 is 13.2 Å². The quantitative estimate of drug-likeness (QED) is 0.621. The van der Waals surface area contributed by atoms with Gasteiger partial charge in [-0.05, 0) is 14.0 Å². The fourth-order valence-electron chi connectivity index (χ4n) is 1.26. The third kappa shape index (κ3) is 4.32. The van der Waals surface area contributed by atoms with Crippen molar-refractivity contribution in [1.82, 2.24) is 15.0 Å². The molecule has 0 aliphatic rings. The van der Waals surface area contributed by atoms with E-state index in [9.17, 15) is 13.2 Å². The molecule has 1 aromatic rings. The van der Waals surface area contributed by atoms with Gasteiger partial charge in [-0.2, -0.15) is 0 Å². The summed E-state index contributed by atoms with van der Waals surface area (Å²) >= 11 is 1.18. The molecule has 0 spiro atoms. The molecule has 10 heteroatoms. The van der Waals surface area contributed by atoms with Gasteiger partial charge in [0.2, 0.25) is 10.0 Å². The maximum atomic E-state index is 11.9. The summed E-state index contributed by atoms with van der Waals surface area (Å²) in [6.07, 6.45) is 0. The molecule has 0 radical (unpaired) electrons. The van der Waals surface area contributed by atoms with Crippen LogP contribution in [0, 0.1) is 0 Å². The number of sulfonamides is 1. The van der Waals surface area contributed by atoms with Crippen LogP contribution in [0.4, 0.5) is 10.9 Å². The number of aromatic nitrogens is 1. The van der Waals surface area contributed by atoms with E-state index in [1.807, 2.05) is 18.9 Å². The van der Waals surface area contributed by atoms with E-state index in [0.29, 0.717) is 10.0 Å². The van der Waals surface area contributed by atoms with Gasteiger partial charge in [-0.25, -0.2) is 18.1 Å². The minimum absolute atomic E-state index is 0.0122. The predicted octanol–water partition coefficient (Wildman–Crippen LogP) is -0.540. The Bertz CT molecular complexity index is 569. The van der Waals surface area contributed by atoms with Crippen LogP contribution in [0.15, 0.2) is 0 Å². The molecule has 1 rings (SSSR count). The number of nitrogens with one attached hydrogen (secondary N) is 2. The predicted molar refractivity (Wildman–Crippen MR) is 80.7 cm³/mol. The highest BCUT2D eigenvalue weighted by Crippen LogP contribution is 2.26. The summed E-state index contributed by atoms with van der Waals surface area (Å²) in [4.78, 5) is 18.2. The second-order valence-electron chi connectivity index (χ2n) is 4.00. The Morgan fingerprint density at radius 1 is 1.50 bits per heavy atom. The Kier molecular flexibility index (Phi) is 5.72. The largest absolute Gasteiger partial charge is 0.382 e. The highest BCUT2D eigenvalue weighted by atomic mass is 32.2. The van der Waals surface area contributed by atoms with Crippen molar-refractivity contribution in [2.24, 2.45) is 0 Å². The minimum Gasteiger partial charge on any atom is -0.382 e. The van der Waals surface area contributed by atoms with E-state index >= 15 is 0 Å². The van der Waals surface area contributed by atoms with Gasteiger partial charge < -0.3 is 16.0 Å². The van der Waals surface area contributed by atoms with Crippen LogP contribution in [0.1, 0.15) is 16.6 Å². The van der Waals surface area contributed by atoms with E-state index in [1.165, 1.54) is 18.4 Å². The molecule has 1 heterocycles. The number of anilines is 2. The van der Waals surface area contributed by atoms with Crippen molar-refractivity contribution in [3.05, 3.63) is 4.88 Å². The van der Waals surface area contributed by atoms with Crippen LogP contribution in [0.25, 0.3) is 0 Å². The molecule has 20 heavy (non-hydrogen) atoms. The molecule has 1 amide bonds. The van der Waals surface area contributed by atoms with E-state index < -0.39 is 15.9 Å². The van der Waals surface area contributed by atoms with Crippen LogP contribution >= 0.6 is 11.3 Å². The van der Waals surface area contributed by atoms with Gasteiger partial charge in [0, 0.05) is 20.1 Å². The Morgan fingerprint density at radius 3 is 2.70 bits per heavy atom. The summed E-state index contributed by atoms with van der Waals surface area (Å²) < 4.78 is 24.6. The zero-order chi connectivity index (χ0) is 15.3. The van der Waals surface area contributed by atoms with Crippen LogP contribution in [0.3, 0.4) is 0 Å². The Hall–Kier alpha value is -1.39. The molecule has 1 aromatic heterocycles. The zero-order valence-electron chi connectivity index (χ0n) is 11.6. The zero-order valence-corrected chi connectivity index (χ0v) is 13.3. The second-order valence-corrected chi connectivity index (χ2v) is 7.03. The Morgan fingerprint density at radius 2 is 2.15 bits per heavy atom. The fourth-order valence-corrected chi connectivity index (χ4v) is 2.76.